The molecule has 0 spiro atoms. The van der Waals surface area contributed by atoms with Gasteiger partial charge in [0, 0.05) is 12.5 Å². The Bertz CT molecular complexity index is 511. The molecule has 1 aliphatic heterocycles. The molecule has 1 aromatic carbocycles. The van der Waals surface area contributed by atoms with Gasteiger partial charge in [0.05, 0.1) is 12.6 Å². The van der Waals surface area contributed by atoms with Crippen LogP contribution in [0.5, 0.6) is 0 Å². The summed E-state index contributed by atoms with van der Waals surface area (Å²) >= 11 is 0. The lowest BCUT2D eigenvalue weighted by molar-refractivity contribution is -0.124. The summed E-state index contributed by atoms with van der Waals surface area (Å²) in [4.78, 5) is 12.0. The van der Waals surface area contributed by atoms with Gasteiger partial charge in [0.1, 0.15) is 0 Å². The number of halogens is 2. The molecule has 2 atom stereocenters. The summed E-state index contributed by atoms with van der Waals surface area (Å²) in [6, 6.07) is 5.38. The SMILES string of the molecule is Cc1cc(C)cc(CC(C)NC(=O)C2CC(F)(F)CN2)c1. The lowest BCUT2D eigenvalue weighted by atomic mass is 10.0. The van der Waals surface area contributed by atoms with Gasteiger partial charge in [0.2, 0.25) is 5.91 Å². The average molecular weight is 296 g/mol. The van der Waals surface area contributed by atoms with Crippen LogP contribution in [0.4, 0.5) is 8.78 Å². The molecule has 0 bridgehead atoms. The first-order valence-corrected chi connectivity index (χ1v) is 7.24. The van der Waals surface area contributed by atoms with E-state index in [0.717, 1.165) is 5.56 Å². The van der Waals surface area contributed by atoms with E-state index in [0.29, 0.717) is 6.42 Å². The quantitative estimate of drug-likeness (QED) is 0.895. The van der Waals surface area contributed by atoms with E-state index in [-0.39, 0.29) is 11.9 Å². The van der Waals surface area contributed by atoms with Gasteiger partial charge in [-0.1, -0.05) is 29.3 Å². The Balaban J connectivity index is 1.89. The van der Waals surface area contributed by atoms with Crippen molar-refractivity contribution in [1.29, 1.82) is 0 Å². The number of benzene rings is 1. The fourth-order valence-electron chi connectivity index (χ4n) is 2.84. The summed E-state index contributed by atoms with van der Waals surface area (Å²) in [6.07, 6.45) is 0.270. The molecule has 1 aromatic rings. The van der Waals surface area contributed by atoms with Crippen molar-refractivity contribution in [2.75, 3.05) is 6.54 Å². The van der Waals surface area contributed by atoms with Gasteiger partial charge in [-0.3, -0.25) is 10.1 Å². The number of amides is 1. The van der Waals surface area contributed by atoms with Crippen molar-refractivity contribution in [3.8, 4) is 0 Å². The predicted octanol–water partition coefficient (Wildman–Crippen LogP) is 2.35. The summed E-state index contributed by atoms with van der Waals surface area (Å²) in [5.41, 5.74) is 3.51. The molecule has 1 amide bonds. The number of carbonyl (C=O) groups is 1. The molecule has 116 valence electrons. The van der Waals surface area contributed by atoms with E-state index >= 15 is 0 Å². The van der Waals surface area contributed by atoms with E-state index < -0.39 is 24.9 Å². The van der Waals surface area contributed by atoms with Gasteiger partial charge in [0.25, 0.3) is 5.92 Å². The van der Waals surface area contributed by atoms with E-state index in [1.807, 2.05) is 20.8 Å². The number of alkyl halides is 2. The second-order valence-electron chi connectivity index (χ2n) is 6.10. The van der Waals surface area contributed by atoms with E-state index in [1.54, 1.807) is 0 Å². The maximum Gasteiger partial charge on any atom is 0.262 e. The molecule has 2 unspecified atom stereocenters. The fourth-order valence-corrected chi connectivity index (χ4v) is 2.84. The van der Waals surface area contributed by atoms with E-state index in [2.05, 4.69) is 28.8 Å². The highest BCUT2D eigenvalue weighted by Gasteiger charge is 2.42. The second kappa shape index (κ2) is 6.10. The number of rotatable bonds is 4. The van der Waals surface area contributed by atoms with Crippen LogP contribution in [0.25, 0.3) is 0 Å². The van der Waals surface area contributed by atoms with Crippen LogP contribution in [0.15, 0.2) is 18.2 Å². The molecule has 3 nitrogen and oxygen atoms in total. The first-order chi connectivity index (χ1) is 9.75. The molecule has 21 heavy (non-hydrogen) atoms. The molecule has 0 aromatic heterocycles. The van der Waals surface area contributed by atoms with Gasteiger partial charge < -0.3 is 5.32 Å². The summed E-state index contributed by atoms with van der Waals surface area (Å²) in [6.45, 7) is 5.54. The van der Waals surface area contributed by atoms with Crippen molar-refractivity contribution >= 4 is 5.91 Å². The van der Waals surface area contributed by atoms with Crippen LogP contribution in [0.2, 0.25) is 0 Å². The van der Waals surface area contributed by atoms with E-state index in [4.69, 9.17) is 0 Å². The minimum absolute atomic E-state index is 0.0882. The number of hydrogen-bond acceptors (Lipinski definition) is 2. The van der Waals surface area contributed by atoms with Crippen LogP contribution in [-0.4, -0.2) is 30.5 Å². The van der Waals surface area contributed by atoms with Gasteiger partial charge in [-0.2, -0.15) is 0 Å². The normalized spacial score (nSPS) is 22.0. The third kappa shape index (κ3) is 4.49. The van der Waals surface area contributed by atoms with Crippen LogP contribution in [0.3, 0.4) is 0 Å². The van der Waals surface area contributed by atoms with E-state index in [1.165, 1.54) is 11.1 Å². The fraction of sp³-hybridized carbons (Fsp3) is 0.562. The third-order valence-electron chi connectivity index (χ3n) is 3.64. The van der Waals surface area contributed by atoms with Gasteiger partial charge in [-0.15, -0.1) is 0 Å². The molecular weight excluding hydrogens is 274 g/mol. The predicted molar refractivity (Wildman–Crippen MR) is 78.6 cm³/mol. The van der Waals surface area contributed by atoms with Crippen molar-refractivity contribution in [3.05, 3.63) is 34.9 Å². The number of carbonyl (C=O) groups excluding carboxylic acids is 1. The first kappa shape index (κ1) is 15.9. The Morgan fingerprint density at radius 1 is 1.38 bits per heavy atom. The van der Waals surface area contributed by atoms with Gasteiger partial charge >= 0.3 is 0 Å². The summed E-state index contributed by atoms with van der Waals surface area (Å²) in [7, 11) is 0. The average Bonchev–Trinajstić information content (AvgIpc) is 2.68. The lowest BCUT2D eigenvalue weighted by Crippen LogP contribution is -2.44. The van der Waals surface area contributed by atoms with Crippen molar-refractivity contribution in [3.63, 3.8) is 0 Å². The second-order valence-corrected chi connectivity index (χ2v) is 6.10. The van der Waals surface area contributed by atoms with Gasteiger partial charge in [0.15, 0.2) is 0 Å². The Labute approximate surface area is 124 Å². The lowest BCUT2D eigenvalue weighted by Gasteiger charge is -2.18. The van der Waals surface area contributed by atoms with Crippen LogP contribution in [0.1, 0.15) is 30.0 Å². The standard InChI is InChI=1S/C16H22F2N2O/c1-10-4-11(2)6-13(5-10)7-12(3)20-15(21)14-8-16(17,18)9-19-14/h4-6,12,14,19H,7-9H2,1-3H3,(H,20,21). The highest BCUT2D eigenvalue weighted by atomic mass is 19.3. The zero-order chi connectivity index (χ0) is 15.6. The van der Waals surface area contributed by atoms with Crippen LogP contribution in [-0.2, 0) is 11.2 Å². The van der Waals surface area contributed by atoms with Crippen LogP contribution < -0.4 is 10.6 Å². The van der Waals surface area contributed by atoms with Crippen molar-refractivity contribution in [2.45, 2.75) is 51.6 Å². The minimum Gasteiger partial charge on any atom is -0.352 e. The van der Waals surface area contributed by atoms with Crippen molar-refractivity contribution in [2.24, 2.45) is 0 Å². The van der Waals surface area contributed by atoms with Crippen LogP contribution in [0, 0.1) is 13.8 Å². The Kier molecular flexibility index (Phi) is 4.61. The van der Waals surface area contributed by atoms with Gasteiger partial charge in [-0.25, -0.2) is 8.78 Å². The monoisotopic (exact) mass is 296 g/mol. The summed E-state index contributed by atoms with van der Waals surface area (Å²) < 4.78 is 26.2. The maximum absolute atomic E-state index is 13.1. The first-order valence-electron chi connectivity index (χ1n) is 7.24. The highest BCUT2D eigenvalue weighted by molar-refractivity contribution is 5.82. The molecule has 0 saturated carbocycles. The van der Waals surface area contributed by atoms with Crippen LogP contribution >= 0.6 is 0 Å². The summed E-state index contributed by atoms with van der Waals surface area (Å²) in [5.74, 6) is -3.12. The molecule has 0 aliphatic carbocycles. The van der Waals surface area contributed by atoms with Crippen molar-refractivity contribution in [1.82, 2.24) is 10.6 Å². The Hall–Kier alpha value is -1.49. The number of hydrogen-bond donors (Lipinski definition) is 2. The minimum atomic E-state index is -2.78. The molecule has 1 heterocycles. The molecule has 1 fully saturated rings. The smallest absolute Gasteiger partial charge is 0.262 e. The summed E-state index contributed by atoms with van der Waals surface area (Å²) in [5, 5.41) is 5.38. The topological polar surface area (TPSA) is 41.1 Å². The maximum atomic E-state index is 13.1. The molecule has 2 rings (SSSR count). The molecule has 1 aliphatic rings. The molecule has 2 N–H and O–H groups in total. The zero-order valence-electron chi connectivity index (χ0n) is 12.7. The van der Waals surface area contributed by atoms with E-state index in [9.17, 15) is 13.6 Å². The molecule has 5 heteroatoms. The van der Waals surface area contributed by atoms with Crippen molar-refractivity contribution < 1.29 is 13.6 Å². The molecular formula is C16H22F2N2O. The number of nitrogens with one attached hydrogen (secondary N) is 2. The largest absolute Gasteiger partial charge is 0.352 e. The molecule has 1 saturated heterocycles. The number of aryl methyl sites for hydroxylation is 2. The zero-order valence-corrected chi connectivity index (χ0v) is 12.7. The Morgan fingerprint density at radius 3 is 2.52 bits per heavy atom. The highest BCUT2D eigenvalue weighted by Crippen LogP contribution is 2.25. The Morgan fingerprint density at radius 2 is 2.00 bits per heavy atom. The third-order valence-corrected chi connectivity index (χ3v) is 3.64. The molecule has 0 radical (unpaired) electrons. The van der Waals surface area contributed by atoms with Gasteiger partial charge in [-0.05, 0) is 32.8 Å².